The lowest BCUT2D eigenvalue weighted by Crippen LogP contribution is -2.36. The number of Topliss-reactive ketones (excluding diaryl/α,β-unsaturated/α-hetero) is 1. The van der Waals surface area contributed by atoms with Crippen LogP contribution in [0, 0.1) is 17.8 Å². The van der Waals surface area contributed by atoms with Gasteiger partial charge in [-0.05, 0) is 57.2 Å². The lowest BCUT2D eigenvalue weighted by atomic mass is 9.86. The lowest BCUT2D eigenvalue weighted by molar-refractivity contribution is -0.122. The topological polar surface area (TPSA) is 20.3 Å². The maximum atomic E-state index is 11.9. The molecule has 0 bridgehead atoms. The fourth-order valence-corrected chi connectivity index (χ4v) is 3.16. The minimum Gasteiger partial charge on any atom is -0.303 e. The van der Waals surface area contributed by atoms with Gasteiger partial charge in [0.05, 0.1) is 0 Å². The van der Waals surface area contributed by atoms with E-state index in [1.165, 1.54) is 25.9 Å². The molecule has 0 amide bonds. The molecule has 0 aliphatic carbocycles. The molecule has 0 N–H and O–H groups in total. The maximum absolute atomic E-state index is 11.9. The number of hydrogen-bond donors (Lipinski definition) is 0. The van der Waals surface area contributed by atoms with Crippen molar-refractivity contribution in [3.8, 4) is 0 Å². The Kier molecular flexibility index (Phi) is 7.67. The third-order valence-corrected chi connectivity index (χ3v) is 4.74. The van der Waals surface area contributed by atoms with Crippen molar-refractivity contribution < 1.29 is 4.79 Å². The van der Waals surface area contributed by atoms with Gasteiger partial charge in [-0.1, -0.05) is 34.1 Å². The normalized spacial score (nSPS) is 19.8. The van der Waals surface area contributed by atoms with E-state index in [9.17, 15) is 4.79 Å². The Bertz CT molecular complexity index is 254. The summed E-state index contributed by atoms with van der Waals surface area (Å²) in [6.07, 6.45) is 6.70. The van der Waals surface area contributed by atoms with E-state index in [0.717, 1.165) is 44.1 Å². The Balaban J connectivity index is 2.12. The molecule has 0 unspecified atom stereocenters. The van der Waals surface area contributed by atoms with E-state index in [4.69, 9.17) is 0 Å². The fourth-order valence-electron chi connectivity index (χ4n) is 3.16. The molecular weight excluding hydrogens is 234 g/mol. The number of piperidine rings is 1. The summed E-state index contributed by atoms with van der Waals surface area (Å²) in [7, 11) is 0. The van der Waals surface area contributed by atoms with Crippen molar-refractivity contribution in [2.45, 2.75) is 66.2 Å². The molecule has 1 heterocycles. The van der Waals surface area contributed by atoms with Crippen LogP contribution in [0.4, 0.5) is 0 Å². The summed E-state index contributed by atoms with van der Waals surface area (Å²) in [6, 6.07) is 0. The molecule has 1 aliphatic rings. The summed E-state index contributed by atoms with van der Waals surface area (Å²) in [5.74, 6) is 2.50. The van der Waals surface area contributed by atoms with E-state index in [2.05, 4.69) is 32.6 Å². The molecule has 0 radical (unpaired) electrons. The summed E-state index contributed by atoms with van der Waals surface area (Å²) in [5, 5.41) is 0. The van der Waals surface area contributed by atoms with E-state index in [1.807, 2.05) is 0 Å². The molecule has 1 rings (SSSR count). The first-order valence-corrected chi connectivity index (χ1v) is 8.29. The highest BCUT2D eigenvalue weighted by molar-refractivity contribution is 5.80. The molecule has 2 heteroatoms. The molecule has 1 aliphatic heterocycles. The average Bonchev–Trinajstić information content (AvgIpc) is 2.39. The van der Waals surface area contributed by atoms with E-state index in [0.29, 0.717) is 5.78 Å². The number of likely N-dealkylation sites (tertiary alicyclic amines) is 1. The Labute approximate surface area is 119 Å². The second-order valence-electron chi connectivity index (χ2n) is 6.68. The third kappa shape index (κ3) is 6.07. The van der Waals surface area contributed by atoms with E-state index >= 15 is 0 Å². The number of rotatable bonds is 8. The van der Waals surface area contributed by atoms with Gasteiger partial charge in [-0.2, -0.15) is 0 Å². The average molecular weight is 267 g/mol. The largest absolute Gasteiger partial charge is 0.303 e. The van der Waals surface area contributed by atoms with E-state index in [1.54, 1.807) is 0 Å². The van der Waals surface area contributed by atoms with Crippen LogP contribution in [-0.2, 0) is 4.79 Å². The van der Waals surface area contributed by atoms with Crippen LogP contribution in [0.25, 0.3) is 0 Å². The first-order chi connectivity index (χ1) is 9.04. The van der Waals surface area contributed by atoms with Gasteiger partial charge in [0.1, 0.15) is 5.78 Å². The number of nitrogens with zero attached hydrogens (tertiary/aromatic N) is 1. The Morgan fingerprint density at radius 1 is 1.21 bits per heavy atom. The Morgan fingerprint density at radius 3 is 2.37 bits per heavy atom. The second kappa shape index (κ2) is 8.73. The highest BCUT2D eigenvalue weighted by Gasteiger charge is 2.21. The lowest BCUT2D eigenvalue weighted by Gasteiger charge is -2.33. The molecule has 0 spiro atoms. The predicted molar refractivity (Wildman–Crippen MR) is 82.3 cm³/mol. The minimum atomic E-state index is 0.275. The van der Waals surface area contributed by atoms with Crippen LogP contribution in [0.1, 0.15) is 66.2 Å². The van der Waals surface area contributed by atoms with Gasteiger partial charge in [0.2, 0.25) is 0 Å². The first kappa shape index (κ1) is 16.7. The quantitative estimate of drug-likeness (QED) is 0.659. The monoisotopic (exact) mass is 267 g/mol. The smallest absolute Gasteiger partial charge is 0.135 e. The number of carbonyl (C=O) groups excluding carboxylic acids is 1. The van der Waals surface area contributed by atoms with Gasteiger partial charge in [0.15, 0.2) is 0 Å². The van der Waals surface area contributed by atoms with Gasteiger partial charge in [-0.25, -0.2) is 0 Å². The number of carbonyl (C=O) groups is 1. The minimum absolute atomic E-state index is 0.275. The molecule has 0 saturated carbocycles. The van der Waals surface area contributed by atoms with Gasteiger partial charge in [-0.3, -0.25) is 4.79 Å². The summed E-state index contributed by atoms with van der Waals surface area (Å²) in [4.78, 5) is 14.4. The first-order valence-electron chi connectivity index (χ1n) is 8.29. The molecule has 1 atom stereocenters. The zero-order valence-electron chi connectivity index (χ0n) is 13.5. The van der Waals surface area contributed by atoms with E-state index < -0.39 is 0 Å². The highest BCUT2D eigenvalue weighted by atomic mass is 16.1. The van der Waals surface area contributed by atoms with Crippen LogP contribution in [0.15, 0.2) is 0 Å². The molecule has 1 saturated heterocycles. The summed E-state index contributed by atoms with van der Waals surface area (Å²) >= 11 is 0. The van der Waals surface area contributed by atoms with Crippen molar-refractivity contribution in [2.75, 3.05) is 19.6 Å². The number of hydrogen-bond acceptors (Lipinski definition) is 2. The molecule has 1 fully saturated rings. The van der Waals surface area contributed by atoms with Gasteiger partial charge in [0.25, 0.3) is 0 Å². The molecule has 2 nitrogen and oxygen atoms in total. The van der Waals surface area contributed by atoms with Crippen molar-refractivity contribution in [2.24, 2.45) is 17.8 Å². The maximum Gasteiger partial charge on any atom is 0.135 e. The third-order valence-electron chi connectivity index (χ3n) is 4.74. The predicted octanol–water partition coefficient (Wildman–Crippen LogP) is 4.14. The van der Waals surface area contributed by atoms with Gasteiger partial charge >= 0.3 is 0 Å². The molecular formula is C17H33NO. The van der Waals surface area contributed by atoms with Gasteiger partial charge < -0.3 is 4.90 Å². The molecule has 19 heavy (non-hydrogen) atoms. The van der Waals surface area contributed by atoms with Gasteiger partial charge in [0, 0.05) is 12.3 Å². The standard InChI is InChI=1S/C17H33NO/c1-5-7-15(4)17(19)8-6-11-18-12-9-16(10-13-18)14(2)3/h14-16H,5-13H2,1-4H3/t15-/m0/s1. The van der Waals surface area contributed by atoms with Crippen molar-refractivity contribution >= 4 is 5.78 Å². The van der Waals surface area contributed by atoms with Crippen LogP contribution in [0.2, 0.25) is 0 Å². The number of ketones is 1. The second-order valence-corrected chi connectivity index (χ2v) is 6.68. The molecule has 0 aromatic carbocycles. The fraction of sp³-hybridized carbons (Fsp3) is 0.941. The van der Waals surface area contributed by atoms with Crippen molar-refractivity contribution in [3.05, 3.63) is 0 Å². The van der Waals surface area contributed by atoms with Crippen LogP contribution < -0.4 is 0 Å². The van der Waals surface area contributed by atoms with Crippen molar-refractivity contribution in [1.82, 2.24) is 4.90 Å². The van der Waals surface area contributed by atoms with Crippen molar-refractivity contribution in [1.29, 1.82) is 0 Å². The van der Waals surface area contributed by atoms with Crippen LogP contribution in [-0.4, -0.2) is 30.3 Å². The van der Waals surface area contributed by atoms with Crippen LogP contribution in [0.3, 0.4) is 0 Å². The highest BCUT2D eigenvalue weighted by Crippen LogP contribution is 2.24. The summed E-state index contributed by atoms with van der Waals surface area (Å²) in [5.41, 5.74) is 0. The molecule has 0 aromatic rings. The summed E-state index contributed by atoms with van der Waals surface area (Å²) in [6.45, 7) is 12.5. The van der Waals surface area contributed by atoms with Crippen LogP contribution >= 0.6 is 0 Å². The van der Waals surface area contributed by atoms with Crippen LogP contribution in [0.5, 0.6) is 0 Å². The van der Waals surface area contributed by atoms with Crippen molar-refractivity contribution in [3.63, 3.8) is 0 Å². The SMILES string of the molecule is CCC[C@H](C)C(=O)CCCN1CCC(C(C)C)CC1. The Morgan fingerprint density at radius 2 is 1.84 bits per heavy atom. The zero-order chi connectivity index (χ0) is 14.3. The summed E-state index contributed by atoms with van der Waals surface area (Å²) < 4.78 is 0. The molecule has 112 valence electrons. The zero-order valence-corrected chi connectivity index (χ0v) is 13.5. The Hall–Kier alpha value is -0.370. The molecule has 0 aromatic heterocycles. The van der Waals surface area contributed by atoms with Gasteiger partial charge in [-0.15, -0.1) is 0 Å². The van der Waals surface area contributed by atoms with E-state index in [-0.39, 0.29) is 5.92 Å².